The molecule has 60 valence electrons. The van der Waals surface area contributed by atoms with Gasteiger partial charge in [-0.3, -0.25) is 9.69 Å². The monoisotopic (exact) mass is 155 g/mol. The zero-order valence-corrected chi connectivity index (χ0v) is 5.90. The molecule has 1 amide bonds. The van der Waals surface area contributed by atoms with Gasteiger partial charge in [0, 0.05) is 11.8 Å². The molecule has 0 radical (unpaired) electrons. The highest BCUT2D eigenvalue weighted by Crippen LogP contribution is 2.14. The maximum Gasteiger partial charge on any atom is 0.253 e. The molecule has 11 heavy (non-hydrogen) atoms. The van der Waals surface area contributed by atoms with E-state index in [4.69, 9.17) is 10.2 Å². The molecule has 2 N–H and O–H groups in total. The molecule has 1 aliphatic rings. The van der Waals surface area contributed by atoms with Crippen LogP contribution in [0.15, 0.2) is 24.4 Å². The summed E-state index contributed by atoms with van der Waals surface area (Å²) in [6.45, 7) is 3.02. The van der Waals surface area contributed by atoms with Crippen molar-refractivity contribution in [3.05, 3.63) is 24.4 Å². The second kappa shape index (κ2) is 2.86. The Morgan fingerprint density at radius 3 is 2.64 bits per heavy atom. The first-order valence-corrected chi connectivity index (χ1v) is 3.16. The fourth-order valence-electron chi connectivity index (χ4n) is 0.890. The van der Waals surface area contributed by atoms with E-state index in [9.17, 15) is 4.79 Å². The first kappa shape index (κ1) is 7.97. The molecular formula is C7H9NO3. The number of nitrogens with zero attached hydrogens (tertiary/aromatic N) is 1. The molecule has 0 aromatic carbocycles. The van der Waals surface area contributed by atoms with Crippen LogP contribution in [0.4, 0.5) is 0 Å². The van der Waals surface area contributed by atoms with E-state index < -0.39 is 12.8 Å². The fourth-order valence-corrected chi connectivity index (χ4v) is 0.890. The van der Waals surface area contributed by atoms with Crippen molar-refractivity contribution >= 4 is 5.91 Å². The Hall–Kier alpha value is -1.13. The van der Waals surface area contributed by atoms with Crippen LogP contribution in [0.25, 0.3) is 0 Å². The van der Waals surface area contributed by atoms with Gasteiger partial charge >= 0.3 is 0 Å². The summed E-state index contributed by atoms with van der Waals surface area (Å²) in [5.41, 5.74) is 0.400. The van der Waals surface area contributed by atoms with Crippen molar-refractivity contribution in [2.24, 2.45) is 0 Å². The van der Waals surface area contributed by atoms with Gasteiger partial charge in [-0.05, 0) is 6.08 Å². The third-order valence-electron chi connectivity index (χ3n) is 1.43. The van der Waals surface area contributed by atoms with Crippen LogP contribution >= 0.6 is 0 Å². The lowest BCUT2D eigenvalue weighted by molar-refractivity contribution is -0.133. The van der Waals surface area contributed by atoms with E-state index in [1.54, 1.807) is 0 Å². The van der Waals surface area contributed by atoms with Crippen molar-refractivity contribution in [1.29, 1.82) is 0 Å². The Kier molecular flexibility index (Phi) is 2.07. The van der Waals surface area contributed by atoms with Crippen LogP contribution in [0.5, 0.6) is 0 Å². The van der Waals surface area contributed by atoms with Crippen molar-refractivity contribution in [1.82, 2.24) is 4.90 Å². The summed E-state index contributed by atoms with van der Waals surface area (Å²) in [6.07, 6.45) is 1.60. The average molecular weight is 155 g/mol. The summed E-state index contributed by atoms with van der Waals surface area (Å²) in [6, 6.07) is 0. The lowest BCUT2D eigenvalue weighted by Crippen LogP contribution is -2.37. The molecule has 4 nitrogen and oxygen atoms in total. The molecule has 0 fully saturated rings. The number of rotatable bonds is 2. The van der Waals surface area contributed by atoms with Crippen LogP contribution in [-0.2, 0) is 4.79 Å². The number of amides is 1. The topological polar surface area (TPSA) is 60.8 Å². The maximum atomic E-state index is 10.9. The third kappa shape index (κ3) is 1.31. The molecule has 1 atom stereocenters. The SMILES string of the molecule is C=C1C=CC(=O)N1C(O)CO. The van der Waals surface area contributed by atoms with Gasteiger partial charge in [0.2, 0.25) is 0 Å². The normalized spacial score (nSPS) is 19.6. The Balaban J connectivity index is 2.73. The smallest absolute Gasteiger partial charge is 0.253 e. The molecule has 0 saturated carbocycles. The van der Waals surface area contributed by atoms with Crippen molar-refractivity contribution in [2.45, 2.75) is 6.23 Å². The van der Waals surface area contributed by atoms with Crippen LogP contribution < -0.4 is 0 Å². The summed E-state index contributed by atoms with van der Waals surface area (Å²) < 4.78 is 0. The Labute approximate surface area is 64.1 Å². The molecular weight excluding hydrogens is 146 g/mol. The first-order valence-electron chi connectivity index (χ1n) is 3.16. The standard InChI is InChI=1S/C7H9NO3/c1-5-2-3-6(10)8(5)7(11)4-9/h2-3,7,9,11H,1,4H2. The van der Waals surface area contributed by atoms with Crippen LogP contribution in [0, 0.1) is 0 Å². The summed E-state index contributed by atoms with van der Waals surface area (Å²) in [5, 5.41) is 17.6. The second-order valence-electron chi connectivity index (χ2n) is 2.20. The van der Waals surface area contributed by atoms with Gasteiger partial charge in [0.05, 0.1) is 6.61 Å². The van der Waals surface area contributed by atoms with Crippen molar-refractivity contribution in [2.75, 3.05) is 6.61 Å². The summed E-state index contributed by atoms with van der Waals surface area (Å²) in [5.74, 6) is -0.350. The van der Waals surface area contributed by atoms with Crippen molar-refractivity contribution in [3.8, 4) is 0 Å². The largest absolute Gasteiger partial charge is 0.392 e. The highest BCUT2D eigenvalue weighted by molar-refractivity contribution is 5.93. The molecule has 0 bridgehead atoms. The number of hydrogen-bond acceptors (Lipinski definition) is 3. The molecule has 0 aromatic heterocycles. The molecule has 1 heterocycles. The number of hydrogen-bond donors (Lipinski definition) is 2. The number of carbonyl (C=O) groups is 1. The Morgan fingerprint density at radius 1 is 1.64 bits per heavy atom. The maximum absolute atomic E-state index is 10.9. The number of aliphatic hydroxyl groups excluding tert-OH is 2. The van der Waals surface area contributed by atoms with Gasteiger partial charge < -0.3 is 10.2 Å². The fraction of sp³-hybridized carbons (Fsp3) is 0.286. The lowest BCUT2D eigenvalue weighted by atomic mass is 10.4. The van der Waals surface area contributed by atoms with E-state index in [1.165, 1.54) is 12.2 Å². The van der Waals surface area contributed by atoms with E-state index in [0.717, 1.165) is 4.90 Å². The highest BCUT2D eigenvalue weighted by atomic mass is 16.3. The van der Waals surface area contributed by atoms with Gasteiger partial charge in [0.15, 0.2) is 6.23 Å². The summed E-state index contributed by atoms with van der Waals surface area (Å²) >= 11 is 0. The Bertz CT molecular complexity index is 204. The second-order valence-corrected chi connectivity index (χ2v) is 2.20. The number of aliphatic hydroxyl groups is 2. The van der Waals surface area contributed by atoms with Gasteiger partial charge in [-0.25, -0.2) is 0 Å². The van der Waals surface area contributed by atoms with E-state index in [-0.39, 0.29) is 5.91 Å². The van der Waals surface area contributed by atoms with Crippen LogP contribution in [0.1, 0.15) is 0 Å². The molecule has 0 aromatic rings. The van der Waals surface area contributed by atoms with Gasteiger partial charge in [-0.15, -0.1) is 0 Å². The minimum Gasteiger partial charge on any atom is -0.392 e. The van der Waals surface area contributed by atoms with Crippen LogP contribution in [0.3, 0.4) is 0 Å². The predicted octanol–water partition coefficient (Wildman–Crippen LogP) is -0.791. The van der Waals surface area contributed by atoms with Crippen molar-refractivity contribution in [3.63, 3.8) is 0 Å². The van der Waals surface area contributed by atoms with E-state index >= 15 is 0 Å². The molecule has 1 aliphatic heterocycles. The summed E-state index contributed by atoms with van der Waals surface area (Å²) in [4.78, 5) is 11.9. The van der Waals surface area contributed by atoms with E-state index in [1.807, 2.05) is 0 Å². The summed E-state index contributed by atoms with van der Waals surface area (Å²) in [7, 11) is 0. The highest BCUT2D eigenvalue weighted by Gasteiger charge is 2.24. The minimum absolute atomic E-state index is 0.350. The predicted molar refractivity (Wildman–Crippen MR) is 38.2 cm³/mol. The van der Waals surface area contributed by atoms with Crippen LogP contribution in [0.2, 0.25) is 0 Å². The third-order valence-corrected chi connectivity index (χ3v) is 1.43. The van der Waals surface area contributed by atoms with Gasteiger partial charge in [0.25, 0.3) is 5.91 Å². The molecule has 1 unspecified atom stereocenters. The zero-order valence-electron chi connectivity index (χ0n) is 5.90. The average Bonchev–Trinajstić information content (AvgIpc) is 2.30. The minimum atomic E-state index is -1.18. The lowest BCUT2D eigenvalue weighted by Gasteiger charge is -2.21. The number of allylic oxidation sites excluding steroid dienone is 1. The van der Waals surface area contributed by atoms with Crippen molar-refractivity contribution < 1.29 is 15.0 Å². The van der Waals surface area contributed by atoms with Gasteiger partial charge in [-0.2, -0.15) is 0 Å². The first-order chi connectivity index (χ1) is 5.16. The van der Waals surface area contributed by atoms with Gasteiger partial charge in [-0.1, -0.05) is 6.58 Å². The quantitative estimate of drug-likeness (QED) is 0.549. The van der Waals surface area contributed by atoms with E-state index in [2.05, 4.69) is 6.58 Å². The molecule has 4 heteroatoms. The van der Waals surface area contributed by atoms with E-state index in [0.29, 0.717) is 5.70 Å². The molecule has 1 rings (SSSR count). The van der Waals surface area contributed by atoms with Crippen LogP contribution in [-0.4, -0.2) is 33.9 Å². The molecule has 0 aliphatic carbocycles. The van der Waals surface area contributed by atoms with Gasteiger partial charge in [0.1, 0.15) is 0 Å². The Morgan fingerprint density at radius 2 is 2.27 bits per heavy atom. The molecule has 0 saturated heterocycles. The zero-order chi connectivity index (χ0) is 8.43. The molecule has 0 spiro atoms. The number of carbonyl (C=O) groups excluding carboxylic acids is 1.